The van der Waals surface area contributed by atoms with E-state index in [0.717, 1.165) is 24.0 Å². The van der Waals surface area contributed by atoms with Crippen molar-refractivity contribution in [1.82, 2.24) is 0 Å². The quantitative estimate of drug-likeness (QED) is 0.287. The molecule has 27 heavy (non-hydrogen) atoms. The van der Waals surface area contributed by atoms with Gasteiger partial charge in [-0.25, -0.2) is 4.79 Å². The molecular weight excluding hydrogens is 340 g/mol. The molecule has 0 aliphatic heterocycles. The van der Waals surface area contributed by atoms with Gasteiger partial charge < -0.3 is 9.47 Å². The number of esters is 2. The summed E-state index contributed by atoms with van der Waals surface area (Å²) in [5.74, 6) is -0.159. The van der Waals surface area contributed by atoms with Gasteiger partial charge >= 0.3 is 11.9 Å². The summed E-state index contributed by atoms with van der Waals surface area (Å²) in [6, 6.07) is 15.7. The number of hydrogen-bond donors (Lipinski definition) is 0. The molecule has 2 aromatic carbocycles. The Morgan fingerprint density at radius 3 is 2.04 bits per heavy atom. The van der Waals surface area contributed by atoms with Gasteiger partial charge in [0.25, 0.3) is 0 Å². The van der Waals surface area contributed by atoms with Crippen molar-refractivity contribution in [3.63, 3.8) is 0 Å². The molecule has 0 aliphatic rings. The lowest BCUT2D eigenvalue weighted by Crippen LogP contribution is -2.12. The molecule has 0 amide bonds. The van der Waals surface area contributed by atoms with E-state index in [1.165, 1.54) is 5.56 Å². The summed E-state index contributed by atoms with van der Waals surface area (Å²) in [5.41, 5.74) is 3.70. The smallest absolute Gasteiger partial charge is 0.338 e. The molecule has 0 radical (unpaired) electrons. The summed E-state index contributed by atoms with van der Waals surface area (Å²) in [4.78, 5) is 23.0. The molecular formula is C23H26O4. The SMILES string of the molecule is C=C(C)C(=O)Oc1ccc(-c2ccc(CCCOC(=O)C(C)C)cc2)cc1. The second-order valence-electron chi connectivity index (χ2n) is 6.82. The van der Waals surface area contributed by atoms with Crippen LogP contribution >= 0.6 is 0 Å². The van der Waals surface area contributed by atoms with E-state index in [0.29, 0.717) is 17.9 Å². The van der Waals surface area contributed by atoms with Crippen molar-refractivity contribution in [3.8, 4) is 16.9 Å². The number of rotatable bonds is 8. The Hall–Kier alpha value is -2.88. The molecule has 0 saturated carbocycles. The maximum Gasteiger partial charge on any atom is 0.338 e. The molecule has 4 heteroatoms. The third-order valence-corrected chi connectivity index (χ3v) is 4.03. The lowest BCUT2D eigenvalue weighted by molar-refractivity contribution is -0.147. The molecule has 0 aromatic heterocycles. The lowest BCUT2D eigenvalue weighted by Gasteiger charge is -2.08. The van der Waals surface area contributed by atoms with Gasteiger partial charge in [0.05, 0.1) is 12.5 Å². The molecule has 0 heterocycles. The highest BCUT2D eigenvalue weighted by molar-refractivity contribution is 5.88. The fourth-order valence-corrected chi connectivity index (χ4v) is 2.39. The molecule has 0 unspecified atom stereocenters. The predicted molar refractivity (Wildman–Crippen MR) is 106 cm³/mol. The van der Waals surface area contributed by atoms with Crippen LogP contribution in [0.2, 0.25) is 0 Å². The van der Waals surface area contributed by atoms with E-state index in [2.05, 4.69) is 30.8 Å². The second kappa shape index (κ2) is 9.72. The van der Waals surface area contributed by atoms with Crippen LogP contribution in [0.15, 0.2) is 60.7 Å². The Balaban J connectivity index is 1.88. The van der Waals surface area contributed by atoms with Gasteiger partial charge in [0.1, 0.15) is 5.75 Å². The third-order valence-electron chi connectivity index (χ3n) is 4.03. The predicted octanol–water partition coefficient (Wildman–Crippen LogP) is 4.97. The highest BCUT2D eigenvalue weighted by Gasteiger charge is 2.08. The first-order valence-corrected chi connectivity index (χ1v) is 9.10. The van der Waals surface area contributed by atoms with Crippen LogP contribution in [0.1, 0.15) is 32.8 Å². The molecule has 0 saturated heterocycles. The number of carbonyl (C=O) groups excluding carboxylic acids is 2. The van der Waals surface area contributed by atoms with E-state index in [1.54, 1.807) is 19.1 Å². The summed E-state index contributed by atoms with van der Waals surface area (Å²) >= 11 is 0. The van der Waals surface area contributed by atoms with Gasteiger partial charge in [-0.15, -0.1) is 0 Å². The summed E-state index contributed by atoms with van der Waals surface area (Å²) in [7, 11) is 0. The van der Waals surface area contributed by atoms with E-state index in [-0.39, 0.29) is 11.9 Å². The molecule has 0 aliphatic carbocycles. The Kier molecular flexibility index (Phi) is 7.35. The van der Waals surface area contributed by atoms with Crippen molar-refractivity contribution in [2.75, 3.05) is 6.61 Å². The van der Waals surface area contributed by atoms with Crippen LogP contribution in [-0.4, -0.2) is 18.5 Å². The van der Waals surface area contributed by atoms with E-state index in [1.807, 2.05) is 26.0 Å². The van der Waals surface area contributed by atoms with Crippen molar-refractivity contribution >= 4 is 11.9 Å². The van der Waals surface area contributed by atoms with Crippen LogP contribution in [0.25, 0.3) is 11.1 Å². The topological polar surface area (TPSA) is 52.6 Å². The highest BCUT2D eigenvalue weighted by atomic mass is 16.5. The molecule has 0 fully saturated rings. The van der Waals surface area contributed by atoms with E-state index in [9.17, 15) is 9.59 Å². The summed E-state index contributed by atoms with van der Waals surface area (Å²) in [6.07, 6.45) is 1.67. The van der Waals surface area contributed by atoms with E-state index >= 15 is 0 Å². The van der Waals surface area contributed by atoms with Gasteiger partial charge in [0.15, 0.2) is 0 Å². The standard InChI is InChI=1S/C23H26O4/c1-16(2)22(24)26-15-5-6-18-7-9-19(10-8-18)20-11-13-21(14-12-20)27-23(25)17(3)4/h7-14,16H,3,5-6,15H2,1-2,4H3. The molecule has 4 nitrogen and oxygen atoms in total. The zero-order chi connectivity index (χ0) is 19.8. The van der Waals surface area contributed by atoms with Gasteiger partial charge in [-0.05, 0) is 48.6 Å². The molecule has 142 valence electrons. The Bertz CT molecular complexity index is 786. The van der Waals surface area contributed by atoms with Crippen molar-refractivity contribution in [2.24, 2.45) is 5.92 Å². The molecule has 0 N–H and O–H groups in total. The van der Waals surface area contributed by atoms with Gasteiger partial charge in [0.2, 0.25) is 0 Å². The summed E-state index contributed by atoms with van der Waals surface area (Å²) in [6.45, 7) is 9.30. The fourth-order valence-electron chi connectivity index (χ4n) is 2.39. The minimum atomic E-state index is -0.425. The Morgan fingerprint density at radius 1 is 0.963 bits per heavy atom. The van der Waals surface area contributed by atoms with Crippen LogP contribution in [0, 0.1) is 5.92 Å². The first-order chi connectivity index (χ1) is 12.9. The minimum Gasteiger partial charge on any atom is -0.465 e. The number of hydrogen-bond acceptors (Lipinski definition) is 4. The average molecular weight is 366 g/mol. The second-order valence-corrected chi connectivity index (χ2v) is 6.82. The maximum absolute atomic E-state index is 11.5. The van der Waals surface area contributed by atoms with Crippen LogP contribution in [0.5, 0.6) is 5.75 Å². The molecule has 2 rings (SSSR count). The molecule has 2 aromatic rings. The van der Waals surface area contributed by atoms with Crippen molar-refractivity contribution < 1.29 is 19.1 Å². The monoisotopic (exact) mass is 366 g/mol. The van der Waals surface area contributed by atoms with Crippen LogP contribution in [0.4, 0.5) is 0 Å². The average Bonchev–Trinajstić information content (AvgIpc) is 2.66. The number of aryl methyl sites for hydroxylation is 1. The zero-order valence-electron chi connectivity index (χ0n) is 16.2. The van der Waals surface area contributed by atoms with Crippen molar-refractivity contribution in [3.05, 3.63) is 66.2 Å². The van der Waals surface area contributed by atoms with E-state index in [4.69, 9.17) is 9.47 Å². The zero-order valence-corrected chi connectivity index (χ0v) is 16.2. The third kappa shape index (κ3) is 6.41. The van der Waals surface area contributed by atoms with Gasteiger partial charge in [-0.2, -0.15) is 0 Å². The Labute approximate surface area is 160 Å². The number of benzene rings is 2. The largest absolute Gasteiger partial charge is 0.465 e. The van der Waals surface area contributed by atoms with Crippen LogP contribution in [-0.2, 0) is 20.7 Å². The summed E-state index contributed by atoms with van der Waals surface area (Å²) < 4.78 is 10.4. The minimum absolute atomic E-state index is 0.0833. The maximum atomic E-state index is 11.5. The van der Waals surface area contributed by atoms with Crippen molar-refractivity contribution in [1.29, 1.82) is 0 Å². The Morgan fingerprint density at radius 2 is 1.52 bits per heavy atom. The summed E-state index contributed by atoms with van der Waals surface area (Å²) in [5, 5.41) is 0. The van der Waals surface area contributed by atoms with Gasteiger partial charge in [-0.1, -0.05) is 56.8 Å². The normalized spacial score (nSPS) is 10.5. The fraction of sp³-hybridized carbons (Fsp3) is 0.304. The van der Waals surface area contributed by atoms with Gasteiger partial charge in [0, 0.05) is 5.57 Å². The molecule has 0 spiro atoms. The first-order valence-electron chi connectivity index (χ1n) is 9.10. The van der Waals surface area contributed by atoms with Crippen LogP contribution < -0.4 is 4.74 Å². The first kappa shape index (κ1) is 20.4. The lowest BCUT2D eigenvalue weighted by atomic mass is 10.0. The molecule has 0 bridgehead atoms. The number of ether oxygens (including phenoxy) is 2. The number of carbonyl (C=O) groups is 2. The van der Waals surface area contributed by atoms with E-state index < -0.39 is 5.97 Å². The molecule has 0 atom stereocenters. The van der Waals surface area contributed by atoms with Crippen molar-refractivity contribution in [2.45, 2.75) is 33.6 Å². The highest BCUT2D eigenvalue weighted by Crippen LogP contribution is 2.23. The van der Waals surface area contributed by atoms with Gasteiger partial charge in [-0.3, -0.25) is 4.79 Å². The van der Waals surface area contributed by atoms with Crippen LogP contribution in [0.3, 0.4) is 0 Å².